The normalized spacial score (nSPS) is 20.4. The maximum absolute atomic E-state index is 10.7. The van der Waals surface area contributed by atoms with Crippen LogP contribution in [0.25, 0.3) is 11.0 Å². The van der Waals surface area contributed by atoms with Crippen molar-refractivity contribution in [3.8, 4) is 5.75 Å². The van der Waals surface area contributed by atoms with Crippen LogP contribution >= 0.6 is 0 Å². The van der Waals surface area contributed by atoms with Gasteiger partial charge >= 0.3 is 0 Å². The van der Waals surface area contributed by atoms with Crippen molar-refractivity contribution < 1.29 is 9.52 Å². The maximum atomic E-state index is 10.7. The fourth-order valence-electron chi connectivity index (χ4n) is 3.73. The quantitative estimate of drug-likeness (QED) is 0.926. The minimum Gasteiger partial charge on any atom is -0.504 e. The van der Waals surface area contributed by atoms with E-state index in [-0.39, 0.29) is 0 Å². The summed E-state index contributed by atoms with van der Waals surface area (Å²) in [7, 11) is 2.16. The minimum atomic E-state index is 0.353. The number of phenols is 1. The molecule has 2 heterocycles. The summed E-state index contributed by atoms with van der Waals surface area (Å²) in [5.41, 5.74) is 3.02. The topological polar surface area (TPSA) is 39.9 Å². The van der Waals surface area contributed by atoms with Gasteiger partial charge in [0.15, 0.2) is 11.3 Å². The van der Waals surface area contributed by atoms with E-state index in [9.17, 15) is 5.11 Å². The number of hydrogen-bond donors (Lipinski definition) is 1. The molecule has 1 saturated heterocycles. The van der Waals surface area contributed by atoms with Gasteiger partial charge < -0.3 is 14.4 Å². The highest BCUT2D eigenvalue weighted by atomic mass is 16.4. The predicted octanol–water partition coefficient (Wildman–Crippen LogP) is 2.76. The lowest BCUT2D eigenvalue weighted by atomic mass is 9.95. The van der Waals surface area contributed by atoms with Crippen LogP contribution in [0.2, 0.25) is 0 Å². The summed E-state index contributed by atoms with van der Waals surface area (Å²) in [6.07, 6.45) is 4.52. The van der Waals surface area contributed by atoms with Crippen LogP contribution in [0.3, 0.4) is 0 Å². The first kappa shape index (κ1) is 14.1. The number of furan rings is 1. The van der Waals surface area contributed by atoms with Crippen molar-refractivity contribution in [2.24, 2.45) is 0 Å². The number of rotatable bonds is 2. The molecule has 0 atom stereocenters. The number of piperazine rings is 1. The van der Waals surface area contributed by atoms with Gasteiger partial charge in [-0.25, -0.2) is 0 Å². The van der Waals surface area contributed by atoms with Gasteiger partial charge in [0.2, 0.25) is 0 Å². The summed E-state index contributed by atoms with van der Waals surface area (Å²) in [6.45, 7) is 5.11. The van der Waals surface area contributed by atoms with Crippen LogP contribution in [0.4, 0.5) is 0 Å². The molecule has 4 nitrogen and oxygen atoms in total. The lowest BCUT2D eigenvalue weighted by Gasteiger charge is -2.32. The second kappa shape index (κ2) is 5.60. The van der Waals surface area contributed by atoms with Crippen LogP contribution in [-0.4, -0.2) is 48.1 Å². The second-order valence-electron chi connectivity index (χ2n) is 6.74. The highest BCUT2D eigenvalue weighted by molar-refractivity contribution is 5.88. The Balaban J connectivity index is 1.63. The number of nitrogens with zero attached hydrogens (tertiary/aromatic N) is 2. The third-order valence-electron chi connectivity index (χ3n) is 5.17. The fourth-order valence-corrected chi connectivity index (χ4v) is 3.73. The van der Waals surface area contributed by atoms with Crippen LogP contribution in [-0.2, 0) is 19.4 Å². The standard InChI is InChI=1S/C18H24N2O2/c1-19-8-10-20(11-9-19)12-13-6-7-15-14-4-2-3-5-16(14)22-18(15)17(13)21/h6-7,21H,2-5,8-12H2,1H3. The molecule has 1 aliphatic carbocycles. The Morgan fingerprint density at radius 1 is 1.09 bits per heavy atom. The molecule has 0 amide bonds. The molecule has 2 aromatic rings. The van der Waals surface area contributed by atoms with E-state index in [2.05, 4.69) is 29.0 Å². The Hall–Kier alpha value is -1.52. The molecule has 118 valence electrons. The van der Waals surface area contributed by atoms with Gasteiger partial charge in [0.25, 0.3) is 0 Å². The van der Waals surface area contributed by atoms with E-state index >= 15 is 0 Å². The Bertz CT molecular complexity index is 684. The fraction of sp³-hybridized carbons (Fsp3) is 0.556. The van der Waals surface area contributed by atoms with Gasteiger partial charge in [-0.15, -0.1) is 0 Å². The molecule has 0 spiro atoms. The van der Waals surface area contributed by atoms with Crippen molar-refractivity contribution in [3.05, 3.63) is 29.0 Å². The van der Waals surface area contributed by atoms with Crippen molar-refractivity contribution in [2.75, 3.05) is 33.2 Å². The Kier molecular flexibility index (Phi) is 3.59. The molecule has 4 heteroatoms. The molecule has 0 radical (unpaired) electrons. The first-order valence-electron chi connectivity index (χ1n) is 8.38. The molecule has 0 unspecified atom stereocenters. The zero-order chi connectivity index (χ0) is 15.1. The molecule has 1 fully saturated rings. The lowest BCUT2D eigenvalue weighted by molar-refractivity contribution is 0.147. The minimum absolute atomic E-state index is 0.353. The molecule has 1 N–H and O–H groups in total. The van der Waals surface area contributed by atoms with Crippen molar-refractivity contribution in [3.63, 3.8) is 0 Å². The second-order valence-corrected chi connectivity index (χ2v) is 6.74. The lowest BCUT2D eigenvalue weighted by Crippen LogP contribution is -2.43. The van der Waals surface area contributed by atoms with Gasteiger partial charge in [-0.1, -0.05) is 12.1 Å². The van der Waals surface area contributed by atoms with Crippen LogP contribution in [0.1, 0.15) is 29.7 Å². The molecule has 2 aliphatic rings. The van der Waals surface area contributed by atoms with E-state index in [0.29, 0.717) is 11.3 Å². The number of benzene rings is 1. The number of hydrogen-bond acceptors (Lipinski definition) is 4. The first-order chi connectivity index (χ1) is 10.7. The molecular formula is C18H24N2O2. The SMILES string of the molecule is CN1CCN(Cc2ccc3c4c(oc3c2O)CCCC4)CC1. The number of fused-ring (bicyclic) bond motifs is 3. The molecule has 0 saturated carbocycles. The molecule has 1 aromatic carbocycles. The Morgan fingerprint density at radius 2 is 1.86 bits per heavy atom. The first-order valence-corrected chi connectivity index (χ1v) is 8.38. The molecule has 4 rings (SSSR count). The number of aromatic hydroxyl groups is 1. The van der Waals surface area contributed by atoms with E-state index in [1.165, 1.54) is 18.4 Å². The number of phenolic OH excluding ortho intramolecular Hbond substituents is 1. The van der Waals surface area contributed by atoms with E-state index in [1.54, 1.807) is 0 Å². The van der Waals surface area contributed by atoms with Crippen LogP contribution in [0, 0.1) is 0 Å². The van der Waals surface area contributed by atoms with E-state index < -0.39 is 0 Å². The molecule has 22 heavy (non-hydrogen) atoms. The summed E-state index contributed by atoms with van der Waals surface area (Å²) in [5, 5.41) is 11.8. The average molecular weight is 300 g/mol. The summed E-state index contributed by atoms with van der Waals surface area (Å²) in [6, 6.07) is 4.23. The summed E-state index contributed by atoms with van der Waals surface area (Å²) >= 11 is 0. The third kappa shape index (κ3) is 2.40. The summed E-state index contributed by atoms with van der Waals surface area (Å²) in [5.74, 6) is 1.44. The zero-order valence-corrected chi connectivity index (χ0v) is 13.3. The number of likely N-dealkylation sites (N-methyl/N-ethyl adjacent to an activating group) is 1. The zero-order valence-electron chi connectivity index (χ0n) is 13.3. The smallest absolute Gasteiger partial charge is 0.176 e. The average Bonchev–Trinajstić information content (AvgIpc) is 2.92. The molecule has 1 aromatic heterocycles. The van der Waals surface area contributed by atoms with Crippen molar-refractivity contribution in [1.29, 1.82) is 0 Å². The van der Waals surface area contributed by atoms with Crippen LogP contribution in [0.5, 0.6) is 5.75 Å². The summed E-state index contributed by atoms with van der Waals surface area (Å²) in [4.78, 5) is 4.75. The van der Waals surface area contributed by atoms with Gasteiger partial charge in [0.05, 0.1) is 0 Å². The van der Waals surface area contributed by atoms with E-state index in [1.807, 2.05) is 0 Å². The van der Waals surface area contributed by atoms with E-state index in [4.69, 9.17) is 4.42 Å². The predicted molar refractivity (Wildman–Crippen MR) is 87.3 cm³/mol. The molecule has 0 bridgehead atoms. The Labute approximate surface area is 131 Å². The van der Waals surface area contributed by atoms with Crippen molar-refractivity contribution >= 4 is 11.0 Å². The van der Waals surface area contributed by atoms with Crippen molar-refractivity contribution in [2.45, 2.75) is 32.2 Å². The van der Waals surface area contributed by atoms with Crippen LogP contribution < -0.4 is 0 Å². The van der Waals surface area contributed by atoms with Gasteiger partial charge in [-0.2, -0.15) is 0 Å². The maximum Gasteiger partial charge on any atom is 0.176 e. The van der Waals surface area contributed by atoms with E-state index in [0.717, 1.165) is 62.3 Å². The van der Waals surface area contributed by atoms with Gasteiger partial charge in [-0.3, -0.25) is 4.90 Å². The largest absolute Gasteiger partial charge is 0.504 e. The van der Waals surface area contributed by atoms with Gasteiger partial charge in [0.1, 0.15) is 5.76 Å². The highest BCUT2D eigenvalue weighted by Crippen LogP contribution is 2.38. The third-order valence-corrected chi connectivity index (χ3v) is 5.17. The Morgan fingerprint density at radius 3 is 2.68 bits per heavy atom. The summed E-state index contributed by atoms with van der Waals surface area (Å²) < 4.78 is 5.99. The number of aryl methyl sites for hydroxylation is 2. The van der Waals surface area contributed by atoms with Gasteiger partial charge in [-0.05, 0) is 26.3 Å². The molecule has 1 aliphatic heterocycles. The van der Waals surface area contributed by atoms with Gasteiger partial charge in [0, 0.05) is 55.7 Å². The van der Waals surface area contributed by atoms with Crippen LogP contribution in [0.15, 0.2) is 16.5 Å². The monoisotopic (exact) mass is 300 g/mol. The van der Waals surface area contributed by atoms with Crippen molar-refractivity contribution in [1.82, 2.24) is 9.80 Å². The highest BCUT2D eigenvalue weighted by Gasteiger charge is 2.22. The molecular weight excluding hydrogens is 276 g/mol.